The van der Waals surface area contributed by atoms with Crippen LogP contribution in [0, 0.1) is 10.1 Å². The predicted octanol–water partition coefficient (Wildman–Crippen LogP) is 1.94. The number of benzene rings is 1. The lowest BCUT2D eigenvalue weighted by Gasteiger charge is -2.06. The number of nitro benzene ring substituents is 1. The fraction of sp³-hybridized carbons (Fsp3) is 0.250. The maximum atomic E-state index is 10.3. The first kappa shape index (κ1) is 11.0. The molecule has 0 radical (unpaired) electrons. The summed E-state index contributed by atoms with van der Waals surface area (Å²) in [5, 5.41) is 23.0. The first-order valence-corrected chi connectivity index (χ1v) is 4.08. The summed E-state index contributed by atoms with van der Waals surface area (Å²) in [6.45, 7) is -0.0890. The fourth-order valence-electron chi connectivity index (χ4n) is 1.04. The van der Waals surface area contributed by atoms with Gasteiger partial charge in [-0.05, 0) is 23.2 Å². The largest absolute Gasteiger partial charge is 0.388 e. The molecule has 0 fully saturated rings. The second-order valence-corrected chi connectivity index (χ2v) is 2.78. The Morgan fingerprint density at radius 2 is 2.13 bits per heavy atom. The molecule has 1 aromatic carbocycles. The molecule has 0 saturated heterocycles. The van der Waals surface area contributed by atoms with Crippen LogP contribution in [0.25, 0.3) is 10.4 Å². The predicted molar refractivity (Wildman–Crippen MR) is 52.1 cm³/mol. The van der Waals surface area contributed by atoms with Crippen LogP contribution in [0.3, 0.4) is 0 Å². The van der Waals surface area contributed by atoms with Crippen molar-refractivity contribution in [3.8, 4) is 0 Å². The summed E-state index contributed by atoms with van der Waals surface area (Å²) in [4.78, 5) is 12.3. The van der Waals surface area contributed by atoms with Gasteiger partial charge in [0.05, 0.1) is 17.6 Å². The van der Waals surface area contributed by atoms with E-state index in [2.05, 4.69) is 10.0 Å². The molecule has 0 unspecified atom stereocenters. The molecule has 0 aliphatic heterocycles. The Kier molecular flexibility index (Phi) is 3.61. The second kappa shape index (κ2) is 4.94. The van der Waals surface area contributed by atoms with Crippen molar-refractivity contribution >= 4 is 5.69 Å². The van der Waals surface area contributed by atoms with Crippen LogP contribution >= 0.6 is 0 Å². The van der Waals surface area contributed by atoms with E-state index >= 15 is 0 Å². The van der Waals surface area contributed by atoms with E-state index in [1.807, 2.05) is 0 Å². The molecule has 15 heavy (non-hydrogen) atoms. The van der Waals surface area contributed by atoms with Gasteiger partial charge in [0.25, 0.3) is 5.69 Å². The van der Waals surface area contributed by atoms with Crippen molar-refractivity contribution in [3.63, 3.8) is 0 Å². The molecule has 7 nitrogen and oxygen atoms in total. The Hall–Kier alpha value is -2.11. The summed E-state index contributed by atoms with van der Waals surface area (Å²) in [7, 11) is 0. The average molecular weight is 208 g/mol. The van der Waals surface area contributed by atoms with E-state index in [0.29, 0.717) is 5.56 Å². The highest BCUT2D eigenvalue weighted by Gasteiger charge is 2.09. The van der Waals surface area contributed by atoms with Gasteiger partial charge in [-0.1, -0.05) is 5.11 Å². The quantitative estimate of drug-likeness (QED) is 0.268. The molecule has 78 valence electrons. The molecular weight excluding hydrogens is 200 g/mol. The lowest BCUT2D eigenvalue weighted by atomic mass is 10.1. The standard InChI is InChI=1S/C8H8N4O3/c9-11-10-5-8(13)6-1-3-7(4-2-6)12(14)15/h1-4,8,13H,5H2/t8-/m1/s1. The third-order valence-corrected chi connectivity index (χ3v) is 1.81. The second-order valence-electron chi connectivity index (χ2n) is 2.78. The zero-order valence-electron chi connectivity index (χ0n) is 7.65. The smallest absolute Gasteiger partial charge is 0.269 e. The fourth-order valence-corrected chi connectivity index (χ4v) is 1.04. The summed E-state index contributed by atoms with van der Waals surface area (Å²) in [6.07, 6.45) is -0.929. The SMILES string of the molecule is [N-]=[N+]=NC[C@@H](O)c1ccc([N+](=O)[O-])cc1. The Balaban J connectivity index is 2.79. The average Bonchev–Trinajstić information content (AvgIpc) is 2.26. The minimum Gasteiger partial charge on any atom is -0.388 e. The number of aliphatic hydroxyl groups excluding tert-OH is 1. The number of nitro groups is 1. The van der Waals surface area contributed by atoms with E-state index in [1.54, 1.807) is 0 Å². The zero-order chi connectivity index (χ0) is 11.3. The van der Waals surface area contributed by atoms with E-state index < -0.39 is 11.0 Å². The van der Waals surface area contributed by atoms with Gasteiger partial charge >= 0.3 is 0 Å². The van der Waals surface area contributed by atoms with E-state index in [-0.39, 0.29) is 12.2 Å². The first-order chi connectivity index (χ1) is 7.15. The molecule has 0 aromatic heterocycles. The van der Waals surface area contributed by atoms with Crippen LogP contribution in [0.15, 0.2) is 29.4 Å². The third kappa shape index (κ3) is 2.94. The van der Waals surface area contributed by atoms with Crippen molar-refractivity contribution in [1.29, 1.82) is 0 Å². The highest BCUT2D eigenvalue weighted by Crippen LogP contribution is 2.17. The topological polar surface area (TPSA) is 112 Å². The maximum Gasteiger partial charge on any atom is 0.269 e. The molecule has 0 bridgehead atoms. The number of azide groups is 1. The van der Waals surface area contributed by atoms with Crippen molar-refractivity contribution < 1.29 is 10.0 Å². The minimum atomic E-state index is -0.929. The molecule has 0 aliphatic carbocycles. The Morgan fingerprint density at radius 1 is 1.53 bits per heavy atom. The van der Waals surface area contributed by atoms with Crippen molar-refractivity contribution in [3.05, 3.63) is 50.4 Å². The molecule has 0 spiro atoms. The summed E-state index contributed by atoms with van der Waals surface area (Å²) in [6, 6.07) is 5.43. The number of hydrogen-bond donors (Lipinski definition) is 1. The lowest BCUT2D eigenvalue weighted by Crippen LogP contribution is -2.00. The van der Waals surface area contributed by atoms with Crippen LogP contribution in [0.2, 0.25) is 0 Å². The highest BCUT2D eigenvalue weighted by atomic mass is 16.6. The minimum absolute atomic E-state index is 0.0465. The zero-order valence-corrected chi connectivity index (χ0v) is 7.65. The van der Waals surface area contributed by atoms with Crippen LogP contribution in [0.4, 0.5) is 5.69 Å². The van der Waals surface area contributed by atoms with Gasteiger partial charge < -0.3 is 5.11 Å². The van der Waals surface area contributed by atoms with Crippen molar-refractivity contribution in [2.24, 2.45) is 5.11 Å². The molecule has 7 heteroatoms. The van der Waals surface area contributed by atoms with E-state index in [1.165, 1.54) is 24.3 Å². The summed E-state index contributed by atoms with van der Waals surface area (Å²) >= 11 is 0. The monoisotopic (exact) mass is 208 g/mol. The van der Waals surface area contributed by atoms with Crippen LogP contribution in [-0.4, -0.2) is 16.6 Å². The van der Waals surface area contributed by atoms with Gasteiger partial charge in [-0.15, -0.1) is 0 Å². The van der Waals surface area contributed by atoms with Gasteiger partial charge in [-0.2, -0.15) is 0 Å². The van der Waals surface area contributed by atoms with Gasteiger partial charge in [-0.3, -0.25) is 10.1 Å². The first-order valence-electron chi connectivity index (χ1n) is 4.08. The van der Waals surface area contributed by atoms with Gasteiger partial charge in [-0.25, -0.2) is 0 Å². The lowest BCUT2D eigenvalue weighted by molar-refractivity contribution is -0.384. The maximum absolute atomic E-state index is 10.3. The summed E-state index contributed by atoms with van der Waals surface area (Å²) in [5.74, 6) is 0. The Morgan fingerprint density at radius 3 is 2.60 bits per heavy atom. The Labute approximate surface area is 84.7 Å². The molecule has 0 amide bonds. The van der Waals surface area contributed by atoms with Gasteiger partial charge in [0, 0.05) is 17.0 Å². The van der Waals surface area contributed by atoms with Crippen LogP contribution in [-0.2, 0) is 0 Å². The summed E-state index contributed by atoms with van der Waals surface area (Å²) < 4.78 is 0. The molecule has 1 N–H and O–H groups in total. The van der Waals surface area contributed by atoms with Crippen molar-refractivity contribution in [1.82, 2.24) is 0 Å². The molecule has 1 aromatic rings. The number of nitrogens with zero attached hydrogens (tertiary/aromatic N) is 4. The van der Waals surface area contributed by atoms with Crippen LogP contribution in [0.5, 0.6) is 0 Å². The van der Waals surface area contributed by atoms with E-state index in [4.69, 9.17) is 5.53 Å². The molecule has 0 heterocycles. The van der Waals surface area contributed by atoms with E-state index in [9.17, 15) is 15.2 Å². The Bertz CT molecular complexity index is 397. The van der Waals surface area contributed by atoms with Crippen molar-refractivity contribution in [2.45, 2.75) is 6.10 Å². The van der Waals surface area contributed by atoms with Crippen LogP contribution < -0.4 is 0 Å². The molecular formula is C8H8N4O3. The number of rotatable bonds is 4. The number of aliphatic hydroxyl groups is 1. The highest BCUT2D eigenvalue weighted by molar-refractivity contribution is 5.33. The van der Waals surface area contributed by atoms with Crippen molar-refractivity contribution in [2.75, 3.05) is 6.54 Å². The third-order valence-electron chi connectivity index (χ3n) is 1.81. The molecule has 0 saturated carbocycles. The summed E-state index contributed by atoms with van der Waals surface area (Å²) in [5.41, 5.74) is 8.47. The van der Waals surface area contributed by atoms with Gasteiger partial charge in [0.2, 0.25) is 0 Å². The molecule has 0 aliphatic rings. The number of hydrogen-bond acceptors (Lipinski definition) is 4. The van der Waals surface area contributed by atoms with Gasteiger partial charge in [0.15, 0.2) is 0 Å². The number of non-ortho nitro benzene ring substituents is 1. The molecule has 1 rings (SSSR count). The van der Waals surface area contributed by atoms with Crippen LogP contribution in [0.1, 0.15) is 11.7 Å². The van der Waals surface area contributed by atoms with E-state index in [0.717, 1.165) is 0 Å². The molecule has 1 atom stereocenters. The van der Waals surface area contributed by atoms with Gasteiger partial charge in [0.1, 0.15) is 0 Å². The normalized spacial score (nSPS) is 11.5.